The molecule has 0 spiro atoms. The lowest BCUT2D eigenvalue weighted by Crippen LogP contribution is -2.29. The smallest absolute Gasteiger partial charge is 0.295 e. The third-order valence-corrected chi connectivity index (χ3v) is 3.88. The van der Waals surface area contributed by atoms with Crippen LogP contribution in [-0.2, 0) is 0 Å². The molecule has 0 bridgehead atoms. The van der Waals surface area contributed by atoms with Gasteiger partial charge in [0.1, 0.15) is 11.5 Å². The fraction of sp³-hybridized carbons (Fsp3) is 0.600. The van der Waals surface area contributed by atoms with Crippen molar-refractivity contribution in [2.75, 3.05) is 31.5 Å². The zero-order valence-corrected chi connectivity index (χ0v) is 12.6. The third kappa shape index (κ3) is 4.14. The molecule has 5 nitrogen and oxygen atoms in total. The zero-order valence-electron chi connectivity index (χ0n) is 12.6. The van der Waals surface area contributed by atoms with Gasteiger partial charge < -0.3 is 10.2 Å². The average molecular weight is 295 g/mol. The van der Waals surface area contributed by atoms with Crippen molar-refractivity contribution in [1.29, 1.82) is 0 Å². The van der Waals surface area contributed by atoms with Crippen LogP contribution in [0.4, 0.5) is 15.8 Å². The number of nitro benzene ring substituents is 1. The Labute approximate surface area is 124 Å². The molecule has 0 radical (unpaired) electrons. The van der Waals surface area contributed by atoms with Crippen molar-refractivity contribution < 1.29 is 9.31 Å². The molecular weight excluding hydrogens is 273 g/mol. The fourth-order valence-electron chi connectivity index (χ4n) is 2.72. The highest BCUT2D eigenvalue weighted by molar-refractivity contribution is 5.63. The monoisotopic (exact) mass is 295 g/mol. The lowest BCUT2D eigenvalue weighted by Gasteiger charge is -2.21. The Balaban J connectivity index is 1.98. The molecule has 1 unspecified atom stereocenters. The molecule has 0 saturated carbocycles. The maximum Gasteiger partial charge on any atom is 0.295 e. The number of anilines is 1. The predicted octanol–water partition coefficient (Wildman–Crippen LogP) is 3.19. The number of likely N-dealkylation sites (tertiary alicyclic amines) is 1. The first-order chi connectivity index (χ1) is 9.97. The molecule has 1 aliphatic rings. The van der Waals surface area contributed by atoms with Gasteiger partial charge in [-0.2, -0.15) is 0 Å². The molecule has 1 fully saturated rings. The number of benzene rings is 1. The minimum Gasteiger partial charge on any atom is -0.379 e. The number of nitrogens with one attached hydrogen (secondary N) is 1. The number of aryl methyl sites for hydroxylation is 1. The number of hydrogen-bond acceptors (Lipinski definition) is 4. The molecule has 0 aromatic heterocycles. The molecule has 0 aliphatic carbocycles. The van der Waals surface area contributed by atoms with Crippen molar-refractivity contribution in [3.63, 3.8) is 0 Å². The summed E-state index contributed by atoms with van der Waals surface area (Å²) in [6.45, 7) is 7.63. The summed E-state index contributed by atoms with van der Waals surface area (Å²) in [6, 6.07) is 2.50. The highest BCUT2D eigenvalue weighted by atomic mass is 19.1. The fourth-order valence-corrected chi connectivity index (χ4v) is 2.72. The molecule has 1 saturated heterocycles. The molecule has 0 amide bonds. The van der Waals surface area contributed by atoms with E-state index in [4.69, 9.17) is 0 Å². The maximum absolute atomic E-state index is 13.5. The van der Waals surface area contributed by atoms with Crippen LogP contribution in [0.2, 0.25) is 0 Å². The van der Waals surface area contributed by atoms with Crippen molar-refractivity contribution in [2.24, 2.45) is 5.92 Å². The second kappa shape index (κ2) is 6.85. The summed E-state index contributed by atoms with van der Waals surface area (Å²) in [7, 11) is 0. The quantitative estimate of drug-likeness (QED) is 0.647. The van der Waals surface area contributed by atoms with Gasteiger partial charge in [0.15, 0.2) is 0 Å². The van der Waals surface area contributed by atoms with Crippen molar-refractivity contribution in [3.05, 3.63) is 33.6 Å². The van der Waals surface area contributed by atoms with Crippen LogP contribution in [0.1, 0.15) is 25.3 Å². The predicted molar refractivity (Wildman–Crippen MR) is 81.1 cm³/mol. The van der Waals surface area contributed by atoms with E-state index in [-0.39, 0.29) is 5.69 Å². The van der Waals surface area contributed by atoms with Crippen LogP contribution < -0.4 is 5.32 Å². The normalized spacial score (nSPS) is 16.9. The van der Waals surface area contributed by atoms with Gasteiger partial charge >= 0.3 is 0 Å². The van der Waals surface area contributed by atoms with E-state index in [2.05, 4.69) is 17.1 Å². The van der Waals surface area contributed by atoms with Crippen LogP contribution in [0.25, 0.3) is 0 Å². The van der Waals surface area contributed by atoms with Crippen molar-refractivity contribution in [3.8, 4) is 0 Å². The zero-order chi connectivity index (χ0) is 15.4. The van der Waals surface area contributed by atoms with Crippen LogP contribution in [0.3, 0.4) is 0 Å². The Morgan fingerprint density at radius 1 is 1.43 bits per heavy atom. The average Bonchev–Trinajstić information content (AvgIpc) is 2.92. The second-order valence-electron chi connectivity index (χ2n) is 5.87. The third-order valence-electron chi connectivity index (χ3n) is 3.88. The van der Waals surface area contributed by atoms with Gasteiger partial charge in [-0.15, -0.1) is 0 Å². The Hall–Kier alpha value is -1.69. The lowest BCUT2D eigenvalue weighted by molar-refractivity contribution is -0.384. The topological polar surface area (TPSA) is 58.4 Å². The van der Waals surface area contributed by atoms with E-state index >= 15 is 0 Å². The minimum atomic E-state index is -0.546. The summed E-state index contributed by atoms with van der Waals surface area (Å²) in [6.07, 6.45) is 2.51. The van der Waals surface area contributed by atoms with E-state index in [0.29, 0.717) is 23.7 Å². The first-order valence-electron chi connectivity index (χ1n) is 7.38. The number of halogens is 1. The summed E-state index contributed by atoms with van der Waals surface area (Å²) in [5, 5.41) is 14.1. The Morgan fingerprint density at radius 2 is 2.10 bits per heavy atom. The second-order valence-corrected chi connectivity index (χ2v) is 5.87. The molecule has 116 valence electrons. The van der Waals surface area contributed by atoms with Crippen molar-refractivity contribution in [2.45, 2.75) is 26.7 Å². The molecule has 2 rings (SSSR count). The van der Waals surface area contributed by atoms with E-state index in [1.54, 1.807) is 6.92 Å². The molecule has 1 atom stereocenters. The molecule has 1 heterocycles. The SMILES string of the molecule is Cc1cc(NCC(C)CN2CCCC2)c([N+](=O)[O-])cc1F. The van der Waals surface area contributed by atoms with Gasteiger partial charge in [0, 0.05) is 13.1 Å². The molecule has 6 heteroatoms. The van der Waals surface area contributed by atoms with Crippen LogP contribution in [0.5, 0.6) is 0 Å². The number of nitrogens with zero attached hydrogens (tertiary/aromatic N) is 2. The van der Waals surface area contributed by atoms with E-state index < -0.39 is 10.7 Å². The summed E-state index contributed by atoms with van der Waals surface area (Å²) < 4.78 is 13.5. The van der Waals surface area contributed by atoms with Crippen molar-refractivity contribution in [1.82, 2.24) is 4.90 Å². The Bertz CT molecular complexity index is 516. The van der Waals surface area contributed by atoms with Crippen molar-refractivity contribution >= 4 is 11.4 Å². The maximum atomic E-state index is 13.5. The van der Waals surface area contributed by atoms with E-state index in [1.165, 1.54) is 18.9 Å². The molecule has 21 heavy (non-hydrogen) atoms. The van der Waals surface area contributed by atoms with Gasteiger partial charge in [0.2, 0.25) is 0 Å². The van der Waals surface area contributed by atoms with Gasteiger partial charge in [-0.1, -0.05) is 6.92 Å². The number of nitro groups is 1. The van der Waals surface area contributed by atoms with E-state index in [9.17, 15) is 14.5 Å². The lowest BCUT2D eigenvalue weighted by atomic mass is 10.1. The molecule has 1 aromatic rings. The van der Waals surface area contributed by atoms with Gasteiger partial charge in [0.25, 0.3) is 5.69 Å². The molecule has 1 aromatic carbocycles. The Kier molecular flexibility index (Phi) is 5.12. The molecule has 1 aliphatic heterocycles. The largest absolute Gasteiger partial charge is 0.379 e. The first kappa shape index (κ1) is 15.7. The van der Waals surface area contributed by atoms with Gasteiger partial charge in [0.05, 0.1) is 11.0 Å². The van der Waals surface area contributed by atoms with Crippen LogP contribution in [0.15, 0.2) is 12.1 Å². The molecule has 1 N–H and O–H groups in total. The highest BCUT2D eigenvalue weighted by Gasteiger charge is 2.19. The van der Waals surface area contributed by atoms with E-state index in [0.717, 1.165) is 25.7 Å². The highest BCUT2D eigenvalue weighted by Crippen LogP contribution is 2.27. The number of rotatable bonds is 6. The standard InChI is InChI=1S/C15H22FN3O2/c1-11(10-18-5-3-4-6-18)9-17-14-7-12(2)13(16)8-15(14)19(20)21/h7-8,11,17H,3-6,9-10H2,1-2H3. The van der Waals surface area contributed by atoms with E-state index in [1.807, 2.05) is 0 Å². The van der Waals surface area contributed by atoms with Crippen LogP contribution in [0, 0.1) is 28.8 Å². The Morgan fingerprint density at radius 3 is 2.71 bits per heavy atom. The van der Waals surface area contributed by atoms with Crippen LogP contribution >= 0.6 is 0 Å². The van der Waals surface area contributed by atoms with Crippen LogP contribution in [-0.4, -0.2) is 36.0 Å². The first-order valence-corrected chi connectivity index (χ1v) is 7.38. The molecular formula is C15H22FN3O2. The summed E-state index contributed by atoms with van der Waals surface area (Å²) in [5.74, 6) is -0.162. The summed E-state index contributed by atoms with van der Waals surface area (Å²) in [4.78, 5) is 12.9. The number of hydrogen-bond donors (Lipinski definition) is 1. The van der Waals surface area contributed by atoms with Gasteiger partial charge in [-0.25, -0.2) is 4.39 Å². The van der Waals surface area contributed by atoms with Gasteiger partial charge in [-0.05, 0) is 50.4 Å². The summed E-state index contributed by atoms with van der Waals surface area (Å²) >= 11 is 0. The summed E-state index contributed by atoms with van der Waals surface area (Å²) in [5.41, 5.74) is 0.606. The van der Waals surface area contributed by atoms with Gasteiger partial charge in [-0.3, -0.25) is 10.1 Å². The minimum absolute atomic E-state index is 0.202.